The number of carbonyl (C=O) groups excluding carboxylic acids is 1. The second-order valence-electron chi connectivity index (χ2n) is 6.56. The van der Waals surface area contributed by atoms with E-state index in [4.69, 9.17) is 5.73 Å². The highest BCUT2D eigenvalue weighted by atomic mass is 16.1. The summed E-state index contributed by atoms with van der Waals surface area (Å²) in [4.78, 5) is 12.2. The average molecular weight is 268 g/mol. The van der Waals surface area contributed by atoms with Gasteiger partial charge in [0.1, 0.15) is 0 Å². The van der Waals surface area contributed by atoms with Crippen molar-refractivity contribution in [2.75, 3.05) is 6.54 Å². The van der Waals surface area contributed by atoms with Gasteiger partial charge in [-0.1, -0.05) is 40.0 Å². The van der Waals surface area contributed by atoms with Gasteiger partial charge in [-0.05, 0) is 43.6 Å². The van der Waals surface area contributed by atoms with E-state index < -0.39 is 0 Å². The van der Waals surface area contributed by atoms with Crippen molar-refractivity contribution in [3.63, 3.8) is 0 Å². The Labute approximate surface area is 118 Å². The Balaban J connectivity index is 2.40. The molecule has 3 N–H and O–H groups in total. The number of nitrogens with two attached hydrogens (primary N) is 1. The van der Waals surface area contributed by atoms with Crippen molar-refractivity contribution in [2.24, 2.45) is 23.5 Å². The molecule has 1 aliphatic rings. The summed E-state index contributed by atoms with van der Waals surface area (Å²) in [5, 5.41) is 3.26. The molecule has 3 heteroatoms. The number of rotatable bonds is 7. The predicted molar refractivity (Wildman–Crippen MR) is 80.8 cm³/mol. The fourth-order valence-corrected chi connectivity index (χ4v) is 3.34. The Morgan fingerprint density at radius 3 is 2.58 bits per heavy atom. The van der Waals surface area contributed by atoms with Gasteiger partial charge in [0, 0.05) is 12.5 Å². The quantitative estimate of drug-likeness (QED) is 0.745. The van der Waals surface area contributed by atoms with Gasteiger partial charge in [-0.25, -0.2) is 0 Å². The van der Waals surface area contributed by atoms with Gasteiger partial charge in [0.15, 0.2) is 0 Å². The van der Waals surface area contributed by atoms with E-state index in [1.165, 1.54) is 25.7 Å². The fraction of sp³-hybridized carbons (Fsp3) is 0.938. The largest absolute Gasteiger partial charge is 0.353 e. The minimum absolute atomic E-state index is 0.210. The lowest BCUT2D eigenvalue weighted by Crippen LogP contribution is -2.42. The van der Waals surface area contributed by atoms with E-state index in [-0.39, 0.29) is 5.91 Å². The summed E-state index contributed by atoms with van der Waals surface area (Å²) in [6.07, 6.45) is 7.83. The first-order chi connectivity index (χ1) is 9.06. The molecule has 0 bridgehead atoms. The van der Waals surface area contributed by atoms with Crippen molar-refractivity contribution >= 4 is 5.91 Å². The van der Waals surface area contributed by atoms with Crippen LogP contribution in [-0.2, 0) is 4.79 Å². The van der Waals surface area contributed by atoms with Crippen molar-refractivity contribution in [1.82, 2.24) is 5.32 Å². The highest BCUT2D eigenvalue weighted by Crippen LogP contribution is 2.27. The lowest BCUT2D eigenvalue weighted by Gasteiger charge is -2.32. The molecule has 0 aromatic rings. The van der Waals surface area contributed by atoms with Gasteiger partial charge in [-0.2, -0.15) is 0 Å². The lowest BCUT2D eigenvalue weighted by molar-refractivity contribution is -0.123. The Bertz CT molecular complexity index is 265. The molecule has 0 saturated heterocycles. The monoisotopic (exact) mass is 268 g/mol. The summed E-state index contributed by atoms with van der Waals surface area (Å²) >= 11 is 0. The van der Waals surface area contributed by atoms with Gasteiger partial charge in [-0.15, -0.1) is 0 Å². The molecule has 0 radical (unpaired) electrons. The summed E-state index contributed by atoms with van der Waals surface area (Å²) in [5.41, 5.74) is 5.78. The van der Waals surface area contributed by atoms with Crippen molar-refractivity contribution < 1.29 is 4.79 Å². The molecule has 0 aromatic carbocycles. The molecular formula is C16H32N2O. The number of nitrogens with one attached hydrogen (secondary N) is 1. The minimum Gasteiger partial charge on any atom is -0.353 e. The van der Waals surface area contributed by atoms with E-state index in [1.807, 2.05) is 0 Å². The molecule has 3 nitrogen and oxygen atoms in total. The molecule has 1 saturated carbocycles. The fourth-order valence-electron chi connectivity index (χ4n) is 3.34. The summed E-state index contributed by atoms with van der Waals surface area (Å²) in [7, 11) is 0. The number of hydrogen-bond donors (Lipinski definition) is 2. The zero-order valence-electron chi connectivity index (χ0n) is 13.0. The van der Waals surface area contributed by atoms with Crippen molar-refractivity contribution in [3.8, 4) is 0 Å². The van der Waals surface area contributed by atoms with Crippen LogP contribution >= 0.6 is 0 Å². The van der Waals surface area contributed by atoms with Crippen LogP contribution in [0.25, 0.3) is 0 Å². The number of carbonyl (C=O) groups is 1. The van der Waals surface area contributed by atoms with Gasteiger partial charge >= 0.3 is 0 Å². The first-order valence-corrected chi connectivity index (χ1v) is 8.06. The van der Waals surface area contributed by atoms with Crippen LogP contribution in [0.15, 0.2) is 0 Å². The summed E-state index contributed by atoms with van der Waals surface area (Å²) in [5.74, 6) is 1.84. The molecule has 3 atom stereocenters. The highest BCUT2D eigenvalue weighted by molar-refractivity contribution is 5.76. The zero-order valence-corrected chi connectivity index (χ0v) is 13.0. The first-order valence-electron chi connectivity index (χ1n) is 8.06. The molecule has 3 unspecified atom stereocenters. The molecule has 1 aliphatic carbocycles. The van der Waals surface area contributed by atoms with E-state index in [1.54, 1.807) is 0 Å². The maximum Gasteiger partial charge on any atom is 0.220 e. The second-order valence-corrected chi connectivity index (χ2v) is 6.56. The third kappa shape index (κ3) is 5.94. The standard InChI is InChI=1S/C16H32N2O/c1-4-14-7-5-6-8-15(14)18-16(19)10-13(11-17)9-12(2)3/h12-15H,4-11,17H2,1-3H3,(H,18,19). The van der Waals surface area contributed by atoms with E-state index in [9.17, 15) is 4.79 Å². The molecule has 0 aromatic heterocycles. The normalized spacial score (nSPS) is 25.3. The third-order valence-electron chi connectivity index (χ3n) is 4.39. The maximum atomic E-state index is 12.2. The van der Waals surface area contributed by atoms with Crippen molar-refractivity contribution in [3.05, 3.63) is 0 Å². The van der Waals surface area contributed by atoms with Crippen LogP contribution in [0.2, 0.25) is 0 Å². The summed E-state index contributed by atoms with van der Waals surface area (Å²) in [6.45, 7) is 7.23. The molecule has 1 rings (SSSR count). The highest BCUT2D eigenvalue weighted by Gasteiger charge is 2.25. The lowest BCUT2D eigenvalue weighted by atomic mass is 9.82. The Morgan fingerprint density at radius 2 is 2.00 bits per heavy atom. The number of hydrogen-bond acceptors (Lipinski definition) is 2. The van der Waals surface area contributed by atoms with E-state index in [0.717, 1.165) is 12.8 Å². The molecule has 0 aliphatic heterocycles. The Morgan fingerprint density at radius 1 is 1.32 bits per heavy atom. The summed E-state index contributed by atoms with van der Waals surface area (Å²) in [6, 6.07) is 0.406. The van der Waals surface area contributed by atoms with Crippen molar-refractivity contribution in [1.29, 1.82) is 0 Å². The van der Waals surface area contributed by atoms with E-state index in [0.29, 0.717) is 36.8 Å². The van der Waals surface area contributed by atoms with E-state index in [2.05, 4.69) is 26.1 Å². The second kappa shape index (κ2) is 8.57. The summed E-state index contributed by atoms with van der Waals surface area (Å²) < 4.78 is 0. The molecule has 1 fully saturated rings. The van der Waals surface area contributed by atoms with Crippen LogP contribution in [0.5, 0.6) is 0 Å². The maximum absolute atomic E-state index is 12.2. The molecule has 112 valence electrons. The minimum atomic E-state index is 0.210. The van der Waals surface area contributed by atoms with Crippen LogP contribution < -0.4 is 11.1 Å². The van der Waals surface area contributed by atoms with Gasteiger partial charge in [0.25, 0.3) is 0 Å². The van der Waals surface area contributed by atoms with Gasteiger partial charge < -0.3 is 11.1 Å². The number of amides is 1. The van der Waals surface area contributed by atoms with Crippen LogP contribution in [-0.4, -0.2) is 18.5 Å². The average Bonchev–Trinajstić information content (AvgIpc) is 2.38. The zero-order chi connectivity index (χ0) is 14.3. The topological polar surface area (TPSA) is 55.1 Å². The van der Waals surface area contributed by atoms with Gasteiger partial charge in [-0.3, -0.25) is 4.79 Å². The third-order valence-corrected chi connectivity index (χ3v) is 4.39. The van der Waals surface area contributed by atoms with Gasteiger partial charge in [0.2, 0.25) is 5.91 Å². The smallest absolute Gasteiger partial charge is 0.220 e. The first kappa shape index (κ1) is 16.5. The van der Waals surface area contributed by atoms with Crippen LogP contribution in [0, 0.1) is 17.8 Å². The van der Waals surface area contributed by atoms with Crippen LogP contribution in [0.1, 0.15) is 65.7 Å². The van der Waals surface area contributed by atoms with Crippen molar-refractivity contribution in [2.45, 2.75) is 71.8 Å². The van der Waals surface area contributed by atoms with Crippen LogP contribution in [0.4, 0.5) is 0 Å². The van der Waals surface area contributed by atoms with E-state index >= 15 is 0 Å². The molecule has 19 heavy (non-hydrogen) atoms. The Kier molecular flexibility index (Phi) is 7.44. The molecule has 0 spiro atoms. The van der Waals surface area contributed by atoms with Crippen LogP contribution in [0.3, 0.4) is 0 Å². The van der Waals surface area contributed by atoms with Gasteiger partial charge in [0.05, 0.1) is 0 Å². The SMILES string of the molecule is CCC1CCCCC1NC(=O)CC(CN)CC(C)C. The molecular weight excluding hydrogens is 236 g/mol. The Hall–Kier alpha value is -0.570. The molecule has 1 amide bonds. The predicted octanol–water partition coefficient (Wildman–Crippen LogP) is 3.08. The molecule has 0 heterocycles.